The number of urea groups is 1. The van der Waals surface area contributed by atoms with Crippen LogP contribution in [0, 0.1) is 0 Å². The number of nitrogens with one attached hydrogen (secondary N) is 2. The van der Waals surface area contributed by atoms with Crippen molar-refractivity contribution >= 4 is 34.3 Å². The average Bonchev–Trinajstić information content (AvgIpc) is 3.25. The van der Waals surface area contributed by atoms with Crippen molar-refractivity contribution in [2.75, 3.05) is 16.4 Å². The van der Waals surface area contributed by atoms with Gasteiger partial charge in [-0.3, -0.25) is 0 Å². The van der Waals surface area contributed by atoms with Gasteiger partial charge >= 0.3 is 24.1 Å². The van der Waals surface area contributed by atoms with Crippen molar-refractivity contribution in [2.45, 2.75) is 37.9 Å². The molecule has 0 aliphatic heterocycles. The topological polar surface area (TPSA) is 111 Å². The second-order valence-corrected chi connectivity index (χ2v) is 8.72. The Morgan fingerprint density at radius 3 is 1.92 bits per heavy atom. The van der Waals surface area contributed by atoms with Crippen molar-refractivity contribution in [3.05, 3.63) is 60.4 Å². The Balaban J connectivity index is 1.47. The number of alkyl halides is 7. The van der Waals surface area contributed by atoms with Gasteiger partial charge in [-0.1, -0.05) is 24.3 Å². The first-order valence-corrected chi connectivity index (χ1v) is 11.2. The van der Waals surface area contributed by atoms with E-state index in [4.69, 9.17) is 5.73 Å². The lowest BCUT2D eigenvalue weighted by molar-refractivity contribution is -0.359. The largest absolute Gasteiger partial charge is 0.460 e. The molecule has 0 aliphatic rings. The number of amides is 2. The third-order valence-electron chi connectivity index (χ3n) is 5.68. The summed E-state index contributed by atoms with van der Waals surface area (Å²) < 4.78 is 93.1. The van der Waals surface area contributed by atoms with Crippen LogP contribution in [0.1, 0.15) is 25.5 Å². The second kappa shape index (κ2) is 9.71. The molecule has 0 saturated carbocycles. The molecule has 2 aromatic heterocycles. The highest BCUT2D eigenvalue weighted by Gasteiger charge is 2.73. The minimum Gasteiger partial charge on any atom is -0.383 e. The molecule has 4 rings (SSSR count). The predicted octanol–water partition coefficient (Wildman–Crippen LogP) is 6.59. The van der Waals surface area contributed by atoms with Crippen molar-refractivity contribution in [1.82, 2.24) is 19.7 Å². The van der Waals surface area contributed by atoms with Gasteiger partial charge in [-0.15, -0.1) is 0 Å². The number of nitrogens with zero attached hydrogens (tertiary/aromatic N) is 4. The SMILES string of the molecule is CC(C)n1nc(-c2ccc(NC(=O)Nc3ccc(C(F)(F)C(F)(F)C(F)(F)F)cc3)cc2)c2c(N)ncnc21. The highest BCUT2D eigenvalue weighted by molar-refractivity contribution is 6.01. The van der Waals surface area contributed by atoms with Gasteiger partial charge in [0.25, 0.3) is 0 Å². The van der Waals surface area contributed by atoms with Crippen LogP contribution in [0.25, 0.3) is 22.3 Å². The normalized spacial score (nSPS) is 12.7. The van der Waals surface area contributed by atoms with Gasteiger partial charge < -0.3 is 16.4 Å². The third-order valence-corrected chi connectivity index (χ3v) is 5.68. The molecule has 2 aromatic carbocycles. The maximum absolute atomic E-state index is 13.8. The molecular formula is C24H20F7N7O. The van der Waals surface area contributed by atoms with E-state index < -0.39 is 29.6 Å². The summed E-state index contributed by atoms with van der Waals surface area (Å²) in [5.74, 6) is -11.5. The summed E-state index contributed by atoms with van der Waals surface area (Å²) in [7, 11) is 0. The lowest BCUT2D eigenvalue weighted by atomic mass is 10.0. The Kier molecular flexibility index (Phi) is 6.87. The Labute approximate surface area is 216 Å². The van der Waals surface area contributed by atoms with Crippen LogP contribution in [-0.4, -0.2) is 37.9 Å². The molecule has 0 aliphatic carbocycles. The average molecular weight is 555 g/mol. The van der Waals surface area contributed by atoms with Gasteiger partial charge in [-0.25, -0.2) is 19.4 Å². The van der Waals surface area contributed by atoms with Crippen molar-refractivity contribution in [3.63, 3.8) is 0 Å². The van der Waals surface area contributed by atoms with Gasteiger partial charge in [0.2, 0.25) is 0 Å². The zero-order valence-electron chi connectivity index (χ0n) is 20.2. The van der Waals surface area contributed by atoms with Gasteiger partial charge in [0.15, 0.2) is 5.65 Å². The summed E-state index contributed by atoms with van der Waals surface area (Å²) in [5, 5.41) is 9.92. The van der Waals surface area contributed by atoms with Gasteiger partial charge in [-0.2, -0.15) is 35.8 Å². The first-order valence-electron chi connectivity index (χ1n) is 11.2. The van der Waals surface area contributed by atoms with E-state index >= 15 is 0 Å². The number of halogens is 7. The highest BCUT2D eigenvalue weighted by atomic mass is 19.4. The molecule has 0 unspecified atom stereocenters. The number of nitrogen functional groups attached to an aromatic ring is 1. The zero-order chi connectivity index (χ0) is 28.8. The molecule has 0 spiro atoms. The van der Waals surface area contributed by atoms with Crippen LogP contribution in [0.2, 0.25) is 0 Å². The molecule has 2 amide bonds. The summed E-state index contributed by atoms with van der Waals surface area (Å²) in [5.41, 5.74) is 6.42. The first kappa shape index (κ1) is 27.6. The number of carbonyl (C=O) groups excluding carboxylic acids is 1. The van der Waals surface area contributed by atoms with E-state index in [-0.39, 0.29) is 17.5 Å². The van der Waals surface area contributed by atoms with Crippen LogP contribution in [0.5, 0.6) is 0 Å². The number of rotatable bonds is 6. The second-order valence-electron chi connectivity index (χ2n) is 8.72. The number of hydrogen-bond acceptors (Lipinski definition) is 5. The fourth-order valence-corrected chi connectivity index (χ4v) is 3.68. The third kappa shape index (κ3) is 5.03. The highest BCUT2D eigenvalue weighted by Crippen LogP contribution is 2.51. The monoisotopic (exact) mass is 555 g/mol. The van der Waals surface area contributed by atoms with Crippen molar-refractivity contribution < 1.29 is 35.5 Å². The molecule has 0 bridgehead atoms. The van der Waals surface area contributed by atoms with Crippen LogP contribution >= 0.6 is 0 Å². The number of nitrogens with two attached hydrogens (primary N) is 1. The standard InChI is InChI=1S/C24H20F7N7O/c1-12(2)38-20-17(19(32)33-11-34-20)18(37-38)13-3-7-15(8-4-13)35-21(39)36-16-9-5-14(6-10-16)22(25,26)23(27,28)24(29,30)31/h3-12H,1-2H3,(H2,32,33,34)(H2,35,36,39). The molecule has 0 radical (unpaired) electrons. The number of aromatic nitrogens is 4. The van der Waals surface area contributed by atoms with E-state index in [1.807, 2.05) is 13.8 Å². The lowest BCUT2D eigenvalue weighted by Crippen LogP contribution is -2.50. The molecule has 2 heterocycles. The van der Waals surface area contributed by atoms with Gasteiger partial charge in [-0.05, 0) is 38.1 Å². The van der Waals surface area contributed by atoms with Gasteiger partial charge in [0, 0.05) is 28.5 Å². The van der Waals surface area contributed by atoms with Crippen molar-refractivity contribution in [2.24, 2.45) is 0 Å². The summed E-state index contributed by atoms with van der Waals surface area (Å²) in [4.78, 5) is 20.6. The molecule has 0 saturated heterocycles. The molecule has 0 atom stereocenters. The number of carbonyl (C=O) groups is 1. The summed E-state index contributed by atoms with van der Waals surface area (Å²) in [6.45, 7) is 3.86. The van der Waals surface area contributed by atoms with E-state index in [1.54, 1.807) is 28.9 Å². The Bertz CT molecular complexity index is 1500. The number of benzene rings is 2. The number of hydrogen-bond donors (Lipinski definition) is 3. The minimum atomic E-state index is -6.45. The van der Waals surface area contributed by atoms with Crippen molar-refractivity contribution in [1.29, 1.82) is 0 Å². The molecule has 4 aromatic rings. The predicted molar refractivity (Wildman–Crippen MR) is 130 cm³/mol. The van der Waals surface area contributed by atoms with E-state index in [1.165, 1.54) is 6.33 Å². The van der Waals surface area contributed by atoms with Crippen LogP contribution in [0.15, 0.2) is 54.9 Å². The van der Waals surface area contributed by atoms with E-state index in [0.29, 0.717) is 40.1 Å². The van der Waals surface area contributed by atoms with Crippen LogP contribution < -0.4 is 16.4 Å². The van der Waals surface area contributed by atoms with Crippen LogP contribution in [0.3, 0.4) is 0 Å². The molecule has 15 heteroatoms. The Morgan fingerprint density at radius 1 is 0.872 bits per heavy atom. The quantitative estimate of drug-likeness (QED) is 0.233. The maximum Gasteiger partial charge on any atom is 0.460 e. The summed E-state index contributed by atoms with van der Waals surface area (Å²) in [6, 6.07) is 7.90. The molecule has 0 fully saturated rings. The van der Waals surface area contributed by atoms with Crippen LogP contribution in [-0.2, 0) is 5.92 Å². The van der Waals surface area contributed by atoms with Crippen LogP contribution in [0.4, 0.5) is 52.7 Å². The van der Waals surface area contributed by atoms with Gasteiger partial charge in [0.1, 0.15) is 17.8 Å². The van der Waals surface area contributed by atoms with E-state index in [0.717, 1.165) is 12.1 Å². The fourth-order valence-electron chi connectivity index (χ4n) is 3.68. The molecule has 4 N–H and O–H groups in total. The fraction of sp³-hybridized carbons (Fsp3) is 0.250. The molecular weight excluding hydrogens is 535 g/mol. The number of fused-ring (bicyclic) bond motifs is 1. The first-order chi connectivity index (χ1) is 18.1. The summed E-state index contributed by atoms with van der Waals surface area (Å²) in [6.07, 6.45) is -5.12. The molecule has 206 valence electrons. The van der Waals surface area contributed by atoms with E-state index in [2.05, 4.69) is 25.7 Å². The summed E-state index contributed by atoms with van der Waals surface area (Å²) >= 11 is 0. The lowest BCUT2D eigenvalue weighted by Gasteiger charge is -2.28. The van der Waals surface area contributed by atoms with Crippen molar-refractivity contribution in [3.8, 4) is 11.3 Å². The molecule has 39 heavy (non-hydrogen) atoms. The van der Waals surface area contributed by atoms with Gasteiger partial charge in [0.05, 0.1) is 5.39 Å². The molecule has 8 nitrogen and oxygen atoms in total. The minimum absolute atomic E-state index is 0.0124. The smallest absolute Gasteiger partial charge is 0.383 e. The zero-order valence-corrected chi connectivity index (χ0v) is 20.2. The number of anilines is 3. The maximum atomic E-state index is 13.8. The van der Waals surface area contributed by atoms with E-state index in [9.17, 15) is 35.5 Å². The Hall–Kier alpha value is -4.43. The Morgan fingerprint density at radius 2 is 1.41 bits per heavy atom.